The van der Waals surface area contributed by atoms with Gasteiger partial charge in [0, 0.05) is 38.2 Å². The number of rotatable bonds is 5. The zero-order valence-corrected chi connectivity index (χ0v) is 13.3. The quantitative estimate of drug-likeness (QED) is 0.681. The van der Waals surface area contributed by atoms with Crippen LogP contribution < -0.4 is 15.4 Å². The van der Waals surface area contributed by atoms with Crippen molar-refractivity contribution in [3.63, 3.8) is 0 Å². The number of amides is 1. The van der Waals surface area contributed by atoms with Crippen LogP contribution in [0, 0.1) is 5.92 Å². The Balaban J connectivity index is 2.04. The lowest BCUT2D eigenvalue weighted by Gasteiger charge is -2.15. The van der Waals surface area contributed by atoms with E-state index in [1.54, 1.807) is 12.1 Å². The summed E-state index contributed by atoms with van der Waals surface area (Å²) in [6, 6.07) is 5.95. The summed E-state index contributed by atoms with van der Waals surface area (Å²) in [5.41, 5.74) is 0.310. The van der Waals surface area contributed by atoms with Gasteiger partial charge in [0.2, 0.25) is 10.0 Å². The molecule has 122 valence electrons. The van der Waals surface area contributed by atoms with Crippen molar-refractivity contribution in [2.75, 3.05) is 39.9 Å². The summed E-state index contributed by atoms with van der Waals surface area (Å²) in [4.78, 5) is 11.7. The first-order valence-electron chi connectivity index (χ1n) is 7.13. The van der Waals surface area contributed by atoms with Crippen molar-refractivity contribution in [2.24, 2.45) is 5.92 Å². The van der Waals surface area contributed by atoms with Gasteiger partial charge in [-0.3, -0.25) is 4.79 Å². The summed E-state index contributed by atoms with van der Waals surface area (Å²) in [5, 5.41) is 5.66. The highest BCUT2D eigenvalue weighted by molar-refractivity contribution is 7.89. The van der Waals surface area contributed by atoms with Gasteiger partial charge in [0.05, 0.1) is 18.1 Å². The van der Waals surface area contributed by atoms with Crippen LogP contribution in [0.3, 0.4) is 0 Å². The van der Waals surface area contributed by atoms with E-state index in [9.17, 15) is 13.2 Å². The lowest BCUT2D eigenvalue weighted by atomic mass is 10.2. The average molecular weight is 327 g/mol. The van der Waals surface area contributed by atoms with Crippen molar-refractivity contribution in [3.8, 4) is 0 Å². The van der Waals surface area contributed by atoms with Gasteiger partial charge in [-0.25, -0.2) is 13.1 Å². The second-order valence-corrected chi connectivity index (χ2v) is 6.87. The molecule has 0 aliphatic carbocycles. The molecule has 1 saturated heterocycles. The molecule has 3 N–H and O–H groups in total. The third kappa shape index (κ3) is 4.51. The number of carbonyl (C=O) groups is 1. The minimum absolute atomic E-state index is 0.0797. The van der Waals surface area contributed by atoms with Crippen LogP contribution in [-0.4, -0.2) is 54.2 Å². The van der Waals surface area contributed by atoms with Crippen molar-refractivity contribution in [2.45, 2.75) is 4.90 Å². The molecule has 0 unspecified atom stereocenters. The molecule has 0 saturated carbocycles. The lowest BCUT2D eigenvalue weighted by Crippen LogP contribution is -2.35. The van der Waals surface area contributed by atoms with Crippen molar-refractivity contribution in [1.29, 1.82) is 0 Å². The van der Waals surface area contributed by atoms with Crippen LogP contribution in [0.1, 0.15) is 10.4 Å². The summed E-state index contributed by atoms with van der Waals surface area (Å²) < 4.78 is 32.6. The molecule has 1 aliphatic rings. The van der Waals surface area contributed by atoms with Crippen LogP contribution >= 0.6 is 0 Å². The third-order valence-corrected chi connectivity index (χ3v) is 4.83. The highest BCUT2D eigenvalue weighted by Gasteiger charge is 2.19. The predicted molar refractivity (Wildman–Crippen MR) is 82.2 cm³/mol. The number of ether oxygens (including phenoxy) is 1. The van der Waals surface area contributed by atoms with Gasteiger partial charge in [0.1, 0.15) is 0 Å². The van der Waals surface area contributed by atoms with E-state index in [1.165, 1.54) is 19.2 Å². The van der Waals surface area contributed by atoms with Gasteiger partial charge in [-0.05, 0) is 18.2 Å². The summed E-state index contributed by atoms with van der Waals surface area (Å²) in [7, 11) is -2.15. The van der Waals surface area contributed by atoms with E-state index in [0.29, 0.717) is 31.9 Å². The summed E-state index contributed by atoms with van der Waals surface area (Å²) in [6.07, 6.45) is 0. The SMILES string of the molecule is CNC(=O)c1cccc(S(=O)(=O)NC[C@H]2CNCCOC2)c1. The lowest BCUT2D eigenvalue weighted by molar-refractivity contribution is 0.0963. The van der Waals surface area contributed by atoms with Gasteiger partial charge in [-0.15, -0.1) is 0 Å². The van der Waals surface area contributed by atoms with E-state index >= 15 is 0 Å². The zero-order valence-electron chi connectivity index (χ0n) is 12.5. The van der Waals surface area contributed by atoms with Gasteiger partial charge in [-0.1, -0.05) is 6.07 Å². The van der Waals surface area contributed by atoms with Gasteiger partial charge in [-0.2, -0.15) is 0 Å². The Bertz CT molecular complexity index is 610. The number of hydrogen-bond acceptors (Lipinski definition) is 5. The molecule has 0 radical (unpaired) electrons. The molecule has 1 aliphatic heterocycles. The summed E-state index contributed by atoms with van der Waals surface area (Å²) in [6.45, 7) is 2.93. The van der Waals surface area contributed by atoms with E-state index in [-0.39, 0.29) is 16.7 Å². The third-order valence-electron chi connectivity index (χ3n) is 3.41. The Morgan fingerprint density at radius 3 is 3.05 bits per heavy atom. The van der Waals surface area contributed by atoms with Crippen LogP contribution in [0.25, 0.3) is 0 Å². The molecule has 0 aromatic heterocycles. The molecule has 2 rings (SSSR count). The Hall–Kier alpha value is -1.48. The van der Waals surface area contributed by atoms with E-state index in [1.807, 2.05) is 0 Å². The van der Waals surface area contributed by atoms with E-state index in [0.717, 1.165) is 6.54 Å². The zero-order chi connectivity index (χ0) is 16.0. The topological polar surface area (TPSA) is 96.5 Å². The van der Waals surface area contributed by atoms with Gasteiger partial charge >= 0.3 is 0 Å². The maximum atomic E-state index is 12.3. The number of nitrogens with one attached hydrogen (secondary N) is 3. The Morgan fingerprint density at radius 2 is 2.27 bits per heavy atom. The number of sulfonamides is 1. The number of benzene rings is 1. The predicted octanol–water partition coefficient (Wildman–Crippen LogP) is -0.439. The van der Waals surface area contributed by atoms with Crippen molar-refractivity contribution in [1.82, 2.24) is 15.4 Å². The molecule has 1 fully saturated rings. The molecule has 1 heterocycles. The number of hydrogen-bond donors (Lipinski definition) is 3. The van der Waals surface area contributed by atoms with Crippen molar-refractivity contribution < 1.29 is 17.9 Å². The minimum atomic E-state index is -3.65. The first-order valence-corrected chi connectivity index (χ1v) is 8.61. The molecular weight excluding hydrogens is 306 g/mol. The first kappa shape index (κ1) is 16.9. The maximum Gasteiger partial charge on any atom is 0.251 e. The van der Waals surface area contributed by atoms with E-state index in [2.05, 4.69) is 15.4 Å². The molecule has 0 bridgehead atoms. The fourth-order valence-corrected chi connectivity index (χ4v) is 3.31. The van der Waals surface area contributed by atoms with Gasteiger partial charge in [0.25, 0.3) is 5.91 Å². The molecule has 7 nitrogen and oxygen atoms in total. The molecule has 0 spiro atoms. The molecular formula is C14H21N3O4S. The van der Waals surface area contributed by atoms with Crippen LogP contribution in [-0.2, 0) is 14.8 Å². The first-order chi connectivity index (χ1) is 10.5. The van der Waals surface area contributed by atoms with Gasteiger partial charge < -0.3 is 15.4 Å². The van der Waals surface area contributed by atoms with E-state index in [4.69, 9.17) is 4.74 Å². The summed E-state index contributed by atoms with van der Waals surface area (Å²) in [5.74, 6) is -0.238. The van der Waals surface area contributed by atoms with Crippen LogP contribution in [0.15, 0.2) is 29.2 Å². The minimum Gasteiger partial charge on any atom is -0.380 e. The van der Waals surface area contributed by atoms with E-state index < -0.39 is 10.0 Å². The molecule has 1 aromatic carbocycles. The fraction of sp³-hybridized carbons (Fsp3) is 0.500. The highest BCUT2D eigenvalue weighted by atomic mass is 32.2. The van der Waals surface area contributed by atoms with Crippen LogP contribution in [0.2, 0.25) is 0 Å². The molecule has 8 heteroatoms. The average Bonchev–Trinajstić information content (AvgIpc) is 2.81. The molecule has 1 amide bonds. The number of carbonyl (C=O) groups excluding carboxylic acids is 1. The van der Waals surface area contributed by atoms with Crippen LogP contribution in [0.4, 0.5) is 0 Å². The molecule has 1 atom stereocenters. The fourth-order valence-electron chi connectivity index (χ4n) is 2.15. The summed E-state index contributed by atoms with van der Waals surface area (Å²) >= 11 is 0. The Kier molecular flexibility index (Phi) is 5.90. The second kappa shape index (κ2) is 7.68. The second-order valence-electron chi connectivity index (χ2n) is 5.10. The standard InChI is InChI=1S/C14H21N3O4S/c1-15-14(18)12-3-2-4-13(7-12)22(19,20)17-9-11-8-16-5-6-21-10-11/h2-4,7,11,16-17H,5-6,8-10H2,1H3,(H,15,18)/t11-/m1/s1. The Labute approximate surface area is 130 Å². The smallest absolute Gasteiger partial charge is 0.251 e. The van der Waals surface area contributed by atoms with Crippen molar-refractivity contribution in [3.05, 3.63) is 29.8 Å². The van der Waals surface area contributed by atoms with Crippen molar-refractivity contribution >= 4 is 15.9 Å². The highest BCUT2D eigenvalue weighted by Crippen LogP contribution is 2.12. The molecule has 22 heavy (non-hydrogen) atoms. The maximum absolute atomic E-state index is 12.3. The van der Waals surface area contributed by atoms with Gasteiger partial charge in [0.15, 0.2) is 0 Å². The molecule has 1 aromatic rings. The monoisotopic (exact) mass is 327 g/mol. The Morgan fingerprint density at radius 1 is 1.45 bits per heavy atom. The normalized spacial score (nSPS) is 19.4. The van der Waals surface area contributed by atoms with Crippen LogP contribution in [0.5, 0.6) is 0 Å². The largest absolute Gasteiger partial charge is 0.380 e.